The Morgan fingerprint density at radius 2 is 2.10 bits per heavy atom. The molecule has 0 saturated carbocycles. The quantitative estimate of drug-likeness (QED) is 0.397. The SMILES string of the molecule is COCCCOCCN(CCC(=O)OC)CC1CCCO1. The van der Waals surface area contributed by atoms with E-state index in [2.05, 4.69) is 4.90 Å². The van der Waals surface area contributed by atoms with Gasteiger partial charge in [0.1, 0.15) is 0 Å². The van der Waals surface area contributed by atoms with Gasteiger partial charge in [-0.25, -0.2) is 0 Å². The molecule has 0 aliphatic carbocycles. The molecule has 1 rings (SSSR count). The second-order valence-corrected chi connectivity index (χ2v) is 5.22. The van der Waals surface area contributed by atoms with Crippen molar-refractivity contribution in [1.82, 2.24) is 4.90 Å². The largest absolute Gasteiger partial charge is 0.469 e. The summed E-state index contributed by atoms with van der Waals surface area (Å²) in [6.45, 7) is 5.30. The van der Waals surface area contributed by atoms with Gasteiger partial charge < -0.3 is 18.9 Å². The van der Waals surface area contributed by atoms with Gasteiger partial charge in [0, 0.05) is 46.6 Å². The molecule has 1 atom stereocenters. The fourth-order valence-electron chi connectivity index (χ4n) is 2.32. The van der Waals surface area contributed by atoms with Crippen LogP contribution in [0.4, 0.5) is 0 Å². The highest BCUT2D eigenvalue weighted by Gasteiger charge is 2.19. The predicted octanol–water partition coefficient (Wildman–Crippen LogP) is 1.08. The van der Waals surface area contributed by atoms with Gasteiger partial charge in [-0.05, 0) is 19.3 Å². The molecule has 0 spiro atoms. The summed E-state index contributed by atoms with van der Waals surface area (Å²) in [7, 11) is 3.11. The van der Waals surface area contributed by atoms with Gasteiger partial charge >= 0.3 is 5.97 Å². The third-order valence-electron chi connectivity index (χ3n) is 3.53. The van der Waals surface area contributed by atoms with E-state index in [0.29, 0.717) is 26.2 Å². The molecular formula is C15H29NO5. The smallest absolute Gasteiger partial charge is 0.306 e. The average Bonchev–Trinajstić information content (AvgIpc) is 3.00. The minimum absolute atomic E-state index is 0.173. The molecule has 1 unspecified atom stereocenters. The fraction of sp³-hybridized carbons (Fsp3) is 0.933. The number of carbonyl (C=O) groups is 1. The van der Waals surface area contributed by atoms with Crippen molar-refractivity contribution in [2.75, 3.05) is 60.3 Å². The summed E-state index contributed by atoms with van der Waals surface area (Å²) in [5.74, 6) is -0.173. The Bertz CT molecular complexity index is 269. The lowest BCUT2D eigenvalue weighted by atomic mass is 10.2. The number of carbonyl (C=O) groups excluding carboxylic acids is 1. The highest BCUT2D eigenvalue weighted by Crippen LogP contribution is 2.13. The molecule has 0 radical (unpaired) electrons. The summed E-state index contributed by atoms with van der Waals surface area (Å²) in [5, 5.41) is 0. The molecule has 21 heavy (non-hydrogen) atoms. The van der Waals surface area contributed by atoms with Gasteiger partial charge in [0.2, 0.25) is 0 Å². The van der Waals surface area contributed by atoms with E-state index in [0.717, 1.165) is 45.6 Å². The van der Waals surface area contributed by atoms with Crippen LogP contribution in [0, 0.1) is 0 Å². The van der Waals surface area contributed by atoms with Crippen molar-refractivity contribution in [2.45, 2.75) is 31.8 Å². The van der Waals surface area contributed by atoms with Crippen LogP contribution < -0.4 is 0 Å². The second kappa shape index (κ2) is 11.9. The summed E-state index contributed by atoms with van der Waals surface area (Å²) >= 11 is 0. The molecule has 1 saturated heterocycles. The zero-order chi connectivity index (χ0) is 15.3. The van der Waals surface area contributed by atoms with Crippen LogP contribution >= 0.6 is 0 Å². The first-order valence-electron chi connectivity index (χ1n) is 7.73. The zero-order valence-electron chi connectivity index (χ0n) is 13.3. The van der Waals surface area contributed by atoms with E-state index in [4.69, 9.17) is 18.9 Å². The molecule has 6 nitrogen and oxygen atoms in total. The summed E-state index contributed by atoms with van der Waals surface area (Å²) in [4.78, 5) is 13.5. The first kappa shape index (κ1) is 18.4. The lowest BCUT2D eigenvalue weighted by molar-refractivity contribution is -0.141. The molecule has 1 aliphatic rings. The van der Waals surface area contributed by atoms with Crippen molar-refractivity contribution in [3.8, 4) is 0 Å². The van der Waals surface area contributed by atoms with Crippen molar-refractivity contribution in [1.29, 1.82) is 0 Å². The van der Waals surface area contributed by atoms with Crippen LogP contribution in [0.3, 0.4) is 0 Å². The minimum atomic E-state index is -0.173. The van der Waals surface area contributed by atoms with Crippen LogP contribution in [0.15, 0.2) is 0 Å². The van der Waals surface area contributed by atoms with E-state index in [1.807, 2.05) is 0 Å². The summed E-state index contributed by atoms with van der Waals surface area (Å²) in [6, 6.07) is 0. The average molecular weight is 303 g/mol. The maximum absolute atomic E-state index is 11.3. The van der Waals surface area contributed by atoms with Gasteiger partial charge in [0.05, 0.1) is 26.2 Å². The molecule has 1 fully saturated rings. The molecule has 0 N–H and O–H groups in total. The molecule has 0 amide bonds. The topological polar surface area (TPSA) is 57.2 Å². The maximum Gasteiger partial charge on any atom is 0.306 e. The lowest BCUT2D eigenvalue weighted by Gasteiger charge is -2.24. The van der Waals surface area contributed by atoms with Crippen LogP contribution in [-0.2, 0) is 23.7 Å². The summed E-state index contributed by atoms with van der Waals surface area (Å²) < 4.78 is 20.9. The summed E-state index contributed by atoms with van der Waals surface area (Å²) in [5.41, 5.74) is 0. The Hall–Kier alpha value is -0.690. The Labute approximate surface area is 127 Å². The molecule has 0 aromatic carbocycles. The molecule has 1 heterocycles. The second-order valence-electron chi connectivity index (χ2n) is 5.22. The molecule has 0 bridgehead atoms. The van der Waals surface area contributed by atoms with Gasteiger partial charge in [-0.3, -0.25) is 9.69 Å². The number of rotatable bonds is 12. The van der Waals surface area contributed by atoms with Crippen LogP contribution in [0.2, 0.25) is 0 Å². The third kappa shape index (κ3) is 9.03. The number of ether oxygens (including phenoxy) is 4. The highest BCUT2D eigenvalue weighted by molar-refractivity contribution is 5.69. The van der Waals surface area contributed by atoms with Crippen LogP contribution in [-0.4, -0.2) is 77.3 Å². The van der Waals surface area contributed by atoms with Crippen molar-refractivity contribution >= 4 is 5.97 Å². The van der Waals surface area contributed by atoms with Gasteiger partial charge in [0.15, 0.2) is 0 Å². The molecule has 6 heteroatoms. The highest BCUT2D eigenvalue weighted by atomic mass is 16.5. The first-order chi connectivity index (χ1) is 10.3. The van der Waals surface area contributed by atoms with Crippen molar-refractivity contribution in [3.63, 3.8) is 0 Å². The number of hydrogen-bond donors (Lipinski definition) is 0. The van der Waals surface area contributed by atoms with Crippen molar-refractivity contribution < 1.29 is 23.7 Å². The number of hydrogen-bond acceptors (Lipinski definition) is 6. The fourth-order valence-corrected chi connectivity index (χ4v) is 2.32. The standard InChI is InChI=1S/C15H29NO5/c1-18-9-4-10-20-12-8-16(7-6-15(17)19-2)13-14-5-3-11-21-14/h14H,3-13H2,1-2H3. The van der Waals surface area contributed by atoms with Gasteiger partial charge in [-0.15, -0.1) is 0 Å². The number of esters is 1. The molecular weight excluding hydrogens is 274 g/mol. The van der Waals surface area contributed by atoms with Crippen LogP contribution in [0.5, 0.6) is 0 Å². The van der Waals surface area contributed by atoms with Crippen LogP contribution in [0.1, 0.15) is 25.7 Å². The van der Waals surface area contributed by atoms with Gasteiger partial charge in [0.25, 0.3) is 0 Å². The predicted molar refractivity (Wildman–Crippen MR) is 79.4 cm³/mol. The Balaban J connectivity index is 2.20. The van der Waals surface area contributed by atoms with Crippen molar-refractivity contribution in [3.05, 3.63) is 0 Å². The third-order valence-corrected chi connectivity index (χ3v) is 3.53. The molecule has 0 aromatic heterocycles. The Morgan fingerprint density at radius 1 is 1.24 bits per heavy atom. The van der Waals surface area contributed by atoms with Crippen molar-refractivity contribution in [2.24, 2.45) is 0 Å². The van der Waals surface area contributed by atoms with E-state index in [-0.39, 0.29) is 12.1 Å². The Morgan fingerprint density at radius 3 is 2.76 bits per heavy atom. The molecule has 0 aromatic rings. The van der Waals surface area contributed by atoms with E-state index in [9.17, 15) is 4.79 Å². The first-order valence-corrected chi connectivity index (χ1v) is 7.73. The minimum Gasteiger partial charge on any atom is -0.469 e. The van der Waals surface area contributed by atoms with E-state index in [1.54, 1.807) is 7.11 Å². The van der Waals surface area contributed by atoms with E-state index >= 15 is 0 Å². The number of nitrogens with zero attached hydrogens (tertiary/aromatic N) is 1. The van der Waals surface area contributed by atoms with E-state index < -0.39 is 0 Å². The van der Waals surface area contributed by atoms with Gasteiger partial charge in [-0.2, -0.15) is 0 Å². The summed E-state index contributed by atoms with van der Waals surface area (Å²) in [6.07, 6.45) is 3.83. The molecule has 124 valence electrons. The molecule has 1 aliphatic heterocycles. The normalized spacial score (nSPS) is 18.3. The maximum atomic E-state index is 11.3. The number of methoxy groups -OCH3 is 2. The lowest BCUT2D eigenvalue weighted by Crippen LogP contribution is -2.36. The monoisotopic (exact) mass is 303 g/mol. The Kier molecular flexibility index (Phi) is 10.4. The van der Waals surface area contributed by atoms with Crippen LogP contribution in [0.25, 0.3) is 0 Å². The zero-order valence-corrected chi connectivity index (χ0v) is 13.3. The van der Waals surface area contributed by atoms with E-state index in [1.165, 1.54) is 7.11 Å². The van der Waals surface area contributed by atoms with Gasteiger partial charge in [-0.1, -0.05) is 0 Å².